The number of fused-ring (bicyclic) bond motifs is 1. The summed E-state index contributed by atoms with van der Waals surface area (Å²) in [6, 6.07) is 5.28. The molecule has 0 bridgehead atoms. The second kappa shape index (κ2) is 6.15. The van der Waals surface area contributed by atoms with Crippen molar-refractivity contribution < 1.29 is 19.1 Å². The first-order valence-corrected chi connectivity index (χ1v) is 8.73. The van der Waals surface area contributed by atoms with Crippen LogP contribution in [-0.4, -0.2) is 47.2 Å². The molecule has 0 aromatic heterocycles. The minimum absolute atomic E-state index is 0.0466. The number of hydrogen-bond acceptors (Lipinski definition) is 4. The van der Waals surface area contributed by atoms with Crippen molar-refractivity contribution in [3.05, 3.63) is 23.8 Å². The summed E-state index contributed by atoms with van der Waals surface area (Å²) in [6.07, 6.45) is 1.72. The molecule has 6 heteroatoms. The van der Waals surface area contributed by atoms with Crippen LogP contribution in [0.5, 0.6) is 11.5 Å². The molecule has 1 aromatic rings. The molecule has 2 atom stereocenters. The highest BCUT2D eigenvalue weighted by Gasteiger charge is 2.47. The van der Waals surface area contributed by atoms with Crippen LogP contribution in [0.1, 0.15) is 36.5 Å². The maximum Gasteiger partial charge on any atom is 0.236 e. The fourth-order valence-electron chi connectivity index (χ4n) is 3.23. The Morgan fingerprint density at radius 2 is 2.30 bits per heavy atom. The molecule has 3 rings (SSSR count). The van der Waals surface area contributed by atoms with E-state index in [4.69, 9.17) is 9.47 Å². The highest BCUT2D eigenvalue weighted by atomic mass is 79.9. The van der Waals surface area contributed by atoms with Crippen molar-refractivity contribution in [1.82, 2.24) is 4.90 Å². The maximum absolute atomic E-state index is 12.5. The summed E-state index contributed by atoms with van der Waals surface area (Å²) >= 11 is 3.41. The van der Waals surface area contributed by atoms with Gasteiger partial charge in [-0.2, -0.15) is 0 Å². The fraction of sp³-hybridized carbons (Fsp3) is 0.529. The molecule has 5 nitrogen and oxygen atoms in total. The number of methoxy groups -OCH3 is 1. The average molecular weight is 382 g/mol. The molecule has 0 saturated carbocycles. The molecule has 2 aliphatic rings. The molecule has 1 aromatic carbocycles. The standard InChI is InChI=1S/C17H20BrNO4/c1-3-13(18)16(21)19-7-6-17(10-19)9-14(20)12-8-11(22-2)4-5-15(12)23-17/h4-5,8,13H,3,6-7,9-10H2,1-2H3. The van der Waals surface area contributed by atoms with Gasteiger partial charge >= 0.3 is 0 Å². The molecule has 0 aliphatic carbocycles. The van der Waals surface area contributed by atoms with Crippen molar-refractivity contribution in [3.8, 4) is 11.5 Å². The van der Waals surface area contributed by atoms with E-state index in [1.165, 1.54) is 0 Å². The summed E-state index contributed by atoms with van der Waals surface area (Å²) in [5.74, 6) is 1.35. The molecule has 23 heavy (non-hydrogen) atoms. The van der Waals surface area contributed by atoms with Crippen LogP contribution >= 0.6 is 15.9 Å². The number of carbonyl (C=O) groups excluding carboxylic acids is 2. The number of ketones is 1. The van der Waals surface area contributed by atoms with Gasteiger partial charge < -0.3 is 14.4 Å². The average Bonchev–Trinajstić information content (AvgIpc) is 2.96. The van der Waals surface area contributed by atoms with Gasteiger partial charge in [0, 0.05) is 13.0 Å². The second-order valence-electron chi connectivity index (χ2n) is 6.13. The SMILES string of the molecule is CCC(Br)C(=O)N1CCC2(CC(=O)c3cc(OC)ccc3O2)C1. The topological polar surface area (TPSA) is 55.8 Å². The highest BCUT2D eigenvalue weighted by Crippen LogP contribution is 2.40. The lowest BCUT2D eigenvalue weighted by atomic mass is 9.89. The molecular weight excluding hydrogens is 362 g/mol. The quantitative estimate of drug-likeness (QED) is 0.755. The van der Waals surface area contributed by atoms with E-state index in [9.17, 15) is 9.59 Å². The summed E-state index contributed by atoms with van der Waals surface area (Å²) in [7, 11) is 1.57. The lowest BCUT2D eigenvalue weighted by Gasteiger charge is -2.34. The molecule has 1 saturated heterocycles. The van der Waals surface area contributed by atoms with Gasteiger partial charge in [0.1, 0.15) is 17.1 Å². The van der Waals surface area contributed by atoms with E-state index in [2.05, 4.69) is 15.9 Å². The second-order valence-corrected chi connectivity index (χ2v) is 7.24. The first-order chi connectivity index (χ1) is 11.0. The Morgan fingerprint density at radius 3 is 3.00 bits per heavy atom. The smallest absolute Gasteiger partial charge is 0.236 e. The van der Waals surface area contributed by atoms with Crippen molar-refractivity contribution >= 4 is 27.6 Å². The van der Waals surface area contributed by atoms with Gasteiger partial charge in [-0.05, 0) is 24.6 Å². The molecule has 124 valence electrons. The molecular formula is C17H20BrNO4. The van der Waals surface area contributed by atoms with Gasteiger partial charge in [-0.1, -0.05) is 22.9 Å². The van der Waals surface area contributed by atoms with Crippen LogP contribution in [0.3, 0.4) is 0 Å². The maximum atomic E-state index is 12.5. The normalized spacial score (nSPS) is 24.3. The van der Waals surface area contributed by atoms with Gasteiger partial charge in [0.2, 0.25) is 5.91 Å². The monoisotopic (exact) mass is 381 g/mol. The van der Waals surface area contributed by atoms with E-state index in [0.29, 0.717) is 43.0 Å². The number of carbonyl (C=O) groups is 2. The number of Topliss-reactive ketones (excluding diaryl/α,β-unsaturated/α-hetero) is 1. The van der Waals surface area contributed by atoms with Crippen molar-refractivity contribution in [2.75, 3.05) is 20.2 Å². The van der Waals surface area contributed by atoms with Gasteiger partial charge in [0.15, 0.2) is 5.78 Å². The zero-order chi connectivity index (χ0) is 16.6. The van der Waals surface area contributed by atoms with Crippen molar-refractivity contribution in [3.63, 3.8) is 0 Å². The van der Waals surface area contributed by atoms with Gasteiger partial charge in [0.05, 0.1) is 30.5 Å². The van der Waals surface area contributed by atoms with Crippen LogP contribution in [0.25, 0.3) is 0 Å². The summed E-state index contributed by atoms with van der Waals surface area (Å²) in [6.45, 7) is 3.05. The van der Waals surface area contributed by atoms with E-state index in [1.54, 1.807) is 30.2 Å². The molecule has 1 fully saturated rings. The van der Waals surface area contributed by atoms with Crippen LogP contribution in [0.15, 0.2) is 18.2 Å². The molecule has 2 unspecified atom stereocenters. The Morgan fingerprint density at radius 1 is 1.52 bits per heavy atom. The summed E-state index contributed by atoms with van der Waals surface area (Å²) < 4.78 is 11.3. The van der Waals surface area contributed by atoms with E-state index in [1.807, 2.05) is 6.92 Å². The number of rotatable bonds is 3. The number of likely N-dealkylation sites (tertiary alicyclic amines) is 1. The van der Waals surface area contributed by atoms with Crippen LogP contribution < -0.4 is 9.47 Å². The first-order valence-electron chi connectivity index (χ1n) is 7.81. The highest BCUT2D eigenvalue weighted by molar-refractivity contribution is 9.10. The molecule has 1 spiro atoms. The minimum atomic E-state index is -0.588. The molecule has 1 amide bonds. The Labute approximate surface area is 144 Å². The predicted octanol–water partition coefficient (Wildman–Crippen LogP) is 2.81. The number of nitrogens with zero attached hydrogens (tertiary/aromatic N) is 1. The Kier molecular flexibility index (Phi) is 4.36. The van der Waals surface area contributed by atoms with E-state index < -0.39 is 5.60 Å². The summed E-state index contributed by atoms with van der Waals surface area (Å²) in [5, 5.41) is 0. The third kappa shape index (κ3) is 2.96. The fourth-order valence-corrected chi connectivity index (χ4v) is 3.52. The van der Waals surface area contributed by atoms with Gasteiger partial charge in [-0.15, -0.1) is 0 Å². The number of halogens is 1. The Hall–Kier alpha value is -1.56. The lowest BCUT2D eigenvalue weighted by molar-refractivity contribution is -0.130. The molecule has 2 heterocycles. The Balaban J connectivity index is 1.80. The molecule has 2 aliphatic heterocycles. The predicted molar refractivity (Wildman–Crippen MR) is 89.5 cm³/mol. The third-order valence-electron chi connectivity index (χ3n) is 4.55. The van der Waals surface area contributed by atoms with Gasteiger partial charge in [-0.25, -0.2) is 0 Å². The van der Waals surface area contributed by atoms with E-state index >= 15 is 0 Å². The number of alkyl halides is 1. The van der Waals surface area contributed by atoms with Gasteiger partial charge in [0.25, 0.3) is 0 Å². The zero-order valence-electron chi connectivity index (χ0n) is 13.3. The molecule has 0 radical (unpaired) electrons. The zero-order valence-corrected chi connectivity index (χ0v) is 14.9. The number of ether oxygens (including phenoxy) is 2. The largest absolute Gasteiger partial charge is 0.497 e. The third-order valence-corrected chi connectivity index (χ3v) is 5.59. The van der Waals surface area contributed by atoms with Crippen molar-refractivity contribution in [2.45, 2.75) is 36.6 Å². The van der Waals surface area contributed by atoms with Crippen LogP contribution in [-0.2, 0) is 4.79 Å². The minimum Gasteiger partial charge on any atom is -0.497 e. The van der Waals surface area contributed by atoms with Crippen molar-refractivity contribution in [1.29, 1.82) is 0 Å². The summed E-state index contributed by atoms with van der Waals surface area (Å²) in [4.78, 5) is 26.5. The Bertz CT molecular complexity index is 647. The molecule has 0 N–H and O–H groups in total. The van der Waals surface area contributed by atoms with Crippen LogP contribution in [0.4, 0.5) is 0 Å². The van der Waals surface area contributed by atoms with E-state index in [-0.39, 0.29) is 16.5 Å². The van der Waals surface area contributed by atoms with E-state index in [0.717, 1.165) is 6.42 Å². The number of hydrogen-bond donors (Lipinski definition) is 0. The van der Waals surface area contributed by atoms with Crippen LogP contribution in [0, 0.1) is 0 Å². The number of amides is 1. The lowest BCUT2D eigenvalue weighted by Crippen LogP contribution is -2.46. The van der Waals surface area contributed by atoms with Gasteiger partial charge in [-0.3, -0.25) is 9.59 Å². The van der Waals surface area contributed by atoms with Crippen molar-refractivity contribution in [2.24, 2.45) is 0 Å². The first kappa shape index (κ1) is 16.3. The number of benzene rings is 1. The van der Waals surface area contributed by atoms with Crippen LogP contribution in [0.2, 0.25) is 0 Å². The summed E-state index contributed by atoms with van der Waals surface area (Å²) in [5.41, 5.74) is -0.0268.